The number of nitrogens with one attached hydrogen (secondary N) is 2. The molecule has 0 fully saturated rings. The molecule has 0 aliphatic heterocycles. The van der Waals surface area contributed by atoms with Gasteiger partial charge in [0.25, 0.3) is 10.0 Å². The van der Waals surface area contributed by atoms with Crippen LogP contribution in [0.2, 0.25) is 0 Å². The van der Waals surface area contributed by atoms with Gasteiger partial charge in [-0.05, 0) is 55.3 Å². The number of aryl methyl sites for hydroxylation is 2. The van der Waals surface area contributed by atoms with Gasteiger partial charge < -0.3 is 25.4 Å². The molecule has 0 radical (unpaired) electrons. The standard InChI is InChI=1S/C33H34N6O5S/c1-21-12-13-23(22(2)14-21)19-39(20-31(34)40)25-8-7-9-28(17-25)45(41,42)38-33-32(36-29-10-5-6-11-30(29)37-33)35-24-15-26(43-3)18-27(16-24)44-4/h5-18H,19-20H2,1-4H3,(H2,34,40)(H,35,36)(H,37,38). The third kappa shape index (κ3) is 7.42. The number of ether oxygens (including phenoxy) is 2. The van der Waals surface area contributed by atoms with Gasteiger partial charge in [0.2, 0.25) is 5.91 Å². The molecule has 0 atom stereocenters. The lowest BCUT2D eigenvalue weighted by molar-refractivity contribution is -0.116. The summed E-state index contributed by atoms with van der Waals surface area (Å²) in [6.07, 6.45) is 0. The van der Waals surface area contributed by atoms with E-state index in [0.29, 0.717) is 40.5 Å². The normalized spacial score (nSPS) is 11.2. The van der Waals surface area contributed by atoms with Crippen LogP contribution in [0.5, 0.6) is 11.5 Å². The van der Waals surface area contributed by atoms with E-state index in [-0.39, 0.29) is 23.1 Å². The molecule has 0 unspecified atom stereocenters. The topological polar surface area (TPSA) is 149 Å². The molecule has 0 spiro atoms. The second-order valence-electron chi connectivity index (χ2n) is 10.5. The number of fused-ring (bicyclic) bond motifs is 1. The second-order valence-corrected chi connectivity index (χ2v) is 12.2. The SMILES string of the molecule is COc1cc(Nc2nc3ccccc3nc2NS(=O)(=O)c2cccc(N(CC(N)=O)Cc3ccc(C)cc3C)c2)cc(OC)c1. The zero-order chi connectivity index (χ0) is 32.1. The first-order valence-electron chi connectivity index (χ1n) is 14.0. The molecule has 4 N–H and O–H groups in total. The van der Waals surface area contributed by atoms with Crippen LogP contribution in [0, 0.1) is 13.8 Å². The molecule has 232 valence electrons. The van der Waals surface area contributed by atoms with Crippen molar-refractivity contribution in [1.82, 2.24) is 9.97 Å². The van der Waals surface area contributed by atoms with Crippen LogP contribution in [0.4, 0.5) is 23.0 Å². The van der Waals surface area contributed by atoms with Crippen LogP contribution in [0.3, 0.4) is 0 Å². The summed E-state index contributed by atoms with van der Waals surface area (Å²) in [6, 6.07) is 24.7. The largest absolute Gasteiger partial charge is 0.497 e. The number of sulfonamides is 1. The van der Waals surface area contributed by atoms with Gasteiger partial charge in [0.15, 0.2) is 11.6 Å². The lowest BCUT2D eigenvalue weighted by Gasteiger charge is -2.25. The summed E-state index contributed by atoms with van der Waals surface area (Å²) >= 11 is 0. The van der Waals surface area contributed by atoms with Crippen molar-refractivity contribution in [2.75, 3.05) is 35.7 Å². The van der Waals surface area contributed by atoms with Crippen LogP contribution >= 0.6 is 0 Å². The minimum absolute atomic E-state index is 0.00911. The Morgan fingerprint density at radius 1 is 0.844 bits per heavy atom. The van der Waals surface area contributed by atoms with E-state index < -0.39 is 15.9 Å². The molecular formula is C33H34N6O5S. The Hall–Kier alpha value is -5.36. The van der Waals surface area contributed by atoms with E-state index >= 15 is 0 Å². The number of carbonyl (C=O) groups excluding carboxylic acids is 1. The highest BCUT2D eigenvalue weighted by Crippen LogP contribution is 2.32. The van der Waals surface area contributed by atoms with Crippen LogP contribution < -0.4 is 30.1 Å². The number of rotatable bonds is 12. The maximum atomic E-state index is 13.8. The molecule has 1 heterocycles. The Bertz CT molecular complexity index is 1960. The van der Waals surface area contributed by atoms with Crippen molar-refractivity contribution in [2.24, 2.45) is 5.73 Å². The van der Waals surface area contributed by atoms with Gasteiger partial charge in [-0.2, -0.15) is 0 Å². The Morgan fingerprint density at radius 3 is 2.13 bits per heavy atom. The first kappa shape index (κ1) is 31.1. The van der Waals surface area contributed by atoms with Crippen molar-refractivity contribution in [2.45, 2.75) is 25.3 Å². The smallest absolute Gasteiger partial charge is 0.263 e. The van der Waals surface area contributed by atoms with Crippen molar-refractivity contribution in [3.05, 3.63) is 102 Å². The number of benzene rings is 4. The summed E-state index contributed by atoms with van der Waals surface area (Å²) in [6.45, 7) is 4.26. The molecule has 45 heavy (non-hydrogen) atoms. The fourth-order valence-electron chi connectivity index (χ4n) is 4.86. The summed E-state index contributed by atoms with van der Waals surface area (Å²) in [5.74, 6) is 0.693. The molecule has 4 aromatic carbocycles. The average molecular weight is 627 g/mol. The molecule has 5 aromatic rings. The number of primary amides is 1. The molecule has 0 saturated carbocycles. The molecule has 1 amide bonds. The van der Waals surface area contributed by atoms with Crippen molar-refractivity contribution >= 4 is 50.0 Å². The van der Waals surface area contributed by atoms with Crippen LogP contribution in [0.1, 0.15) is 16.7 Å². The maximum absolute atomic E-state index is 13.8. The quantitative estimate of drug-likeness (QED) is 0.168. The van der Waals surface area contributed by atoms with E-state index in [0.717, 1.165) is 16.7 Å². The monoisotopic (exact) mass is 626 g/mol. The maximum Gasteiger partial charge on any atom is 0.263 e. The Labute approximate surface area is 262 Å². The van der Waals surface area contributed by atoms with E-state index in [1.165, 1.54) is 26.4 Å². The number of amides is 1. The van der Waals surface area contributed by atoms with Gasteiger partial charge in [0.05, 0.1) is 36.7 Å². The molecule has 0 saturated heterocycles. The lowest BCUT2D eigenvalue weighted by atomic mass is 10.0. The van der Waals surface area contributed by atoms with E-state index in [9.17, 15) is 13.2 Å². The average Bonchev–Trinajstić information content (AvgIpc) is 3.01. The Morgan fingerprint density at radius 2 is 1.51 bits per heavy atom. The molecule has 0 bridgehead atoms. The number of hydrogen-bond acceptors (Lipinski definition) is 9. The first-order valence-corrected chi connectivity index (χ1v) is 15.5. The highest BCUT2D eigenvalue weighted by molar-refractivity contribution is 7.92. The van der Waals surface area contributed by atoms with Crippen LogP contribution in [0.25, 0.3) is 11.0 Å². The fourth-order valence-corrected chi connectivity index (χ4v) is 5.91. The molecule has 11 nitrogen and oxygen atoms in total. The van der Waals surface area contributed by atoms with Gasteiger partial charge in [-0.15, -0.1) is 0 Å². The minimum atomic E-state index is -4.18. The summed E-state index contributed by atoms with van der Waals surface area (Å²) < 4.78 is 41.0. The lowest BCUT2D eigenvalue weighted by Crippen LogP contribution is -2.33. The number of carbonyl (C=O) groups is 1. The van der Waals surface area contributed by atoms with Crippen LogP contribution in [-0.4, -0.2) is 45.1 Å². The number of aromatic nitrogens is 2. The summed E-state index contributed by atoms with van der Waals surface area (Å²) in [4.78, 5) is 23.0. The van der Waals surface area contributed by atoms with Gasteiger partial charge in [-0.3, -0.25) is 9.52 Å². The van der Waals surface area contributed by atoms with E-state index in [1.54, 1.807) is 53.4 Å². The fraction of sp³-hybridized carbons (Fsp3) is 0.182. The predicted molar refractivity (Wildman–Crippen MR) is 176 cm³/mol. The third-order valence-corrected chi connectivity index (χ3v) is 8.45. The Kier molecular flexibility index (Phi) is 9.05. The van der Waals surface area contributed by atoms with Gasteiger partial charge in [-0.25, -0.2) is 18.4 Å². The van der Waals surface area contributed by atoms with Crippen molar-refractivity contribution in [3.8, 4) is 11.5 Å². The van der Waals surface area contributed by atoms with E-state index in [2.05, 4.69) is 26.1 Å². The summed E-state index contributed by atoms with van der Waals surface area (Å²) in [5.41, 5.74) is 10.9. The number of hydrogen-bond donors (Lipinski definition) is 3. The number of para-hydroxylation sites is 2. The zero-order valence-corrected chi connectivity index (χ0v) is 26.2. The number of anilines is 4. The predicted octanol–water partition coefficient (Wildman–Crippen LogP) is 5.30. The number of nitrogens with zero attached hydrogens (tertiary/aromatic N) is 3. The molecule has 1 aromatic heterocycles. The molecule has 5 rings (SSSR count). The highest BCUT2D eigenvalue weighted by atomic mass is 32.2. The molecule has 0 aliphatic rings. The molecule has 0 aliphatic carbocycles. The first-order chi connectivity index (χ1) is 21.5. The van der Waals surface area contributed by atoms with Crippen molar-refractivity contribution < 1.29 is 22.7 Å². The van der Waals surface area contributed by atoms with Gasteiger partial charge in [0.1, 0.15) is 11.5 Å². The molecule has 12 heteroatoms. The van der Waals surface area contributed by atoms with Crippen LogP contribution in [0.15, 0.2) is 89.8 Å². The summed E-state index contributed by atoms with van der Waals surface area (Å²) in [7, 11) is -1.11. The highest BCUT2D eigenvalue weighted by Gasteiger charge is 2.21. The van der Waals surface area contributed by atoms with Gasteiger partial charge in [-0.1, -0.05) is 42.0 Å². The number of nitrogens with two attached hydrogens (primary N) is 1. The van der Waals surface area contributed by atoms with Gasteiger partial charge in [0, 0.05) is 36.1 Å². The Balaban J connectivity index is 1.51. The second kappa shape index (κ2) is 13.1. The summed E-state index contributed by atoms with van der Waals surface area (Å²) in [5, 5.41) is 3.16. The third-order valence-electron chi connectivity index (χ3n) is 7.11. The zero-order valence-electron chi connectivity index (χ0n) is 25.4. The minimum Gasteiger partial charge on any atom is -0.497 e. The number of methoxy groups -OCH3 is 2. The molecular weight excluding hydrogens is 592 g/mol. The van der Waals surface area contributed by atoms with Crippen LogP contribution in [-0.2, 0) is 21.4 Å². The van der Waals surface area contributed by atoms with Gasteiger partial charge >= 0.3 is 0 Å². The van der Waals surface area contributed by atoms with E-state index in [1.807, 2.05) is 32.0 Å². The van der Waals surface area contributed by atoms with E-state index in [4.69, 9.17) is 15.2 Å². The van der Waals surface area contributed by atoms with Crippen molar-refractivity contribution in [1.29, 1.82) is 0 Å². The van der Waals surface area contributed by atoms with Crippen molar-refractivity contribution in [3.63, 3.8) is 0 Å².